The smallest absolute Gasteiger partial charge is 0.127 e. The maximum atomic E-state index is 10.8. The molecule has 0 aromatic heterocycles. The van der Waals surface area contributed by atoms with Crippen LogP contribution in [0.2, 0.25) is 0 Å². The topological polar surface area (TPSA) is 29.5 Å². The number of hydrogen-bond acceptors (Lipinski definition) is 3. The third-order valence-electron chi connectivity index (χ3n) is 7.57. The van der Waals surface area contributed by atoms with Gasteiger partial charge >= 0.3 is 0 Å². The molecular formula is C26H33NO2. The molecule has 0 radical (unpaired) electrons. The second-order valence-electron chi connectivity index (χ2n) is 9.60. The Morgan fingerprint density at radius 1 is 0.931 bits per heavy atom. The predicted molar refractivity (Wildman–Crippen MR) is 117 cm³/mol. The largest absolute Gasteiger partial charge is 0.490 e. The highest BCUT2D eigenvalue weighted by Crippen LogP contribution is 2.40. The number of aldehydes is 1. The Kier molecular flexibility index (Phi) is 5.59. The molecular weight excluding hydrogens is 358 g/mol. The van der Waals surface area contributed by atoms with Crippen molar-refractivity contribution in [3.05, 3.63) is 42.0 Å². The molecule has 2 aromatic rings. The third kappa shape index (κ3) is 4.21. The summed E-state index contributed by atoms with van der Waals surface area (Å²) in [6.07, 6.45) is 12.4. The molecule has 29 heavy (non-hydrogen) atoms. The van der Waals surface area contributed by atoms with Gasteiger partial charge in [-0.1, -0.05) is 49.9 Å². The molecule has 3 aliphatic rings. The van der Waals surface area contributed by atoms with Crippen molar-refractivity contribution < 1.29 is 9.53 Å². The van der Waals surface area contributed by atoms with Crippen LogP contribution in [0.5, 0.6) is 5.75 Å². The molecule has 2 aliphatic carbocycles. The van der Waals surface area contributed by atoms with Gasteiger partial charge in [-0.2, -0.15) is 0 Å². The van der Waals surface area contributed by atoms with E-state index in [0.29, 0.717) is 6.10 Å². The lowest BCUT2D eigenvalue weighted by molar-refractivity contribution is -0.115. The first-order chi connectivity index (χ1) is 14.3. The average molecular weight is 392 g/mol. The summed E-state index contributed by atoms with van der Waals surface area (Å²) in [6, 6.07) is 13.2. The van der Waals surface area contributed by atoms with Gasteiger partial charge in [-0.15, -0.1) is 0 Å². The van der Waals surface area contributed by atoms with E-state index in [2.05, 4.69) is 41.3 Å². The molecule has 3 nitrogen and oxygen atoms in total. The molecule has 0 spiro atoms. The van der Waals surface area contributed by atoms with Gasteiger partial charge in [0, 0.05) is 30.9 Å². The summed E-state index contributed by atoms with van der Waals surface area (Å²) in [6.45, 7) is 2.72. The number of carbonyl (C=O) groups is 1. The van der Waals surface area contributed by atoms with Gasteiger partial charge < -0.3 is 9.53 Å². The Labute approximate surface area is 174 Å². The van der Waals surface area contributed by atoms with Crippen molar-refractivity contribution in [1.82, 2.24) is 4.90 Å². The number of hydrogen-bond donors (Lipinski definition) is 0. The van der Waals surface area contributed by atoms with E-state index < -0.39 is 0 Å². The molecule has 3 fully saturated rings. The van der Waals surface area contributed by atoms with Crippen LogP contribution in [0, 0.1) is 17.8 Å². The Balaban J connectivity index is 1.22. The van der Waals surface area contributed by atoms with E-state index >= 15 is 0 Å². The fraction of sp³-hybridized carbons (Fsp3) is 0.577. The average Bonchev–Trinajstić information content (AvgIpc) is 3.26. The van der Waals surface area contributed by atoms with Crippen molar-refractivity contribution in [2.24, 2.45) is 17.8 Å². The summed E-state index contributed by atoms with van der Waals surface area (Å²) in [5.74, 6) is 3.23. The van der Waals surface area contributed by atoms with Crippen LogP contribution in [0.25, 0.3) is 10.8 Å². The molecule has 1 aliphatic heterocycles. The minimum absolute atomic E-state index is 0.235. The van der Waals surface area contributed by atoms with Crippen LogP contribution >= 0.6 is 0 Å². The standard InChI is InChI=1S/C26H33NO2/c28-18-20-16-27(17-20)15-19-8-13-25-23(14-19)6-3-7-26(25)29-24-11-9-22(10-12-24)21-4-1-2-5-21/h3,6-8,13-14,18,20-22,24H,1-2,4-5,9-12,15-17H2. The highest BCUT2D eigenvalue weighted by molar-refractivity contribution is 5.88. The van der Waals surface area contributed by atoms with Crippen molar-refractivity contribution in [2.75, 3.05) is 13.1 Å². The Morgan fingerprint density at radius 2 is 1.69 bits per heavy atom. The molecule has 0 unspecified atom stereocenters. The van der Waals surface area contributed by atoms with Crippen LogP contribution in [0.4, 0.5) is 0 Å². The zero-order valence-electron chi connectivity index (χ0n) is 17.4. The van der Waals surface area contributed by atoms with Crippen molar-refractivity contribution in [3.63, 3.8) is 0 Å². The number of carbonyl (C=O) groups excluding carboxylic acids is 1. The molecule has 0 bridgehead atoms. The van der Waals surface area contributed by atoms with Gasteiger partial charge in [-0.05, 0) is 60.6 Å². The Bertz CT molecular complexity index is 843. The molecule has 1 saturated heterocycles. The summed E-state index contributed by atoms with van der Waals surface area (Å²) in [5.41, 5.74) is 1.32. The number of rotatable bonds is 6. The summed E-state index contributed by atoms with van der Waals surface area (Å²) < 4.78 is 6.51. The normalized spacial score (nSPS) is 26.5. The highest BCUT2D eigenvalue weighted by atomic mass is 16.5. The maximum Gasteiger partial charge on any atom is 0.127 e. The second-order valence-corrected chi connectivity index (χ2v) is 9.60. The fourth-order valence-corrected chi connectivity index (χ4v) is 5.87. The Hall–Kier alpha value is -1.87. The van der Waals surface area contributed by atoms with Gasteiger partial charge in [0.05, 0.1) is 6.10 Å². The first-order valence-electron chi connectivity index (χ1n) is 11.6. The maximum absolute atomic E-state index is 10.8. The summed E-state index contributed by atoms with van der Waals surface area (Å²) in [5, 5.41) is 2.48. The van der Waals surface area contributed by atoms with Crippen molar-refractivity contribution >= 4 is 17.1 Å². The molecule has 2 aromatic carbocycles. The minimum Gasteiger partial charge on any atom is -0.490 e. The van der Waals surface area contributed by atoms with E-state index in [9.17, 15) is 4.79 Å². The van der Waals surface area contributed by atoms with Crippen molar-refractivity contribution in [1.29, 1.82) is 0 Å². The number of nitrogens with zero attached hydrogens (tertiary/aromatic N) is 1. The van der Waals surface area contributed by atoms with Gasteiger partial charge in [-0.3, -0.25) is 4.90 Å². The second kappa shape index (κ2) is 8.47. The number of fused-ring (bicyclic) bond motifs is 1. The first kappa shape index (κ1) is 19.1. The fourth-order valence-electron chi connectivity index (χ4n) is 5.87. The first-order valence-corrected chi connectivity index (χ1v) is 11.6. The van der Waals surface area contributed by atoms with Gasteiger partial charge in [-0.25, -0.2) is 0 Å². The Morgan fingerprint density at radius 3 is 2.45 bits per heavy atom. The van der Waals surface area contributed by atoms with Crippen molar-refractivity contribution in [3.8, 4) is 5.75 Å². The number of benzene rings is 2. The highest BCUT2D eigenvalue weighted by Gasteiger charge is 2.30. The molecule has 2 saturated carbocycles. The monoisotopic (exact) mass is 391 g/mol. The van der Waals surface area contributed by atoms with Gasteiger partial charge in [0.2, 0.25) is 0 Å². The summed E-state index contributed by atoms with van der Waals surface area (Å²) in [4.78, 5) is 13.1. The number of likely N-dealkylation sites (tertiary alicyclic amines) is 1. The van der Waals surface area contributed by atoms with Gasteiger partial charge in [0.25, 0.3) is 0 Å². The lowest BCUT2D eigenvalue weighted by Gasteiger charge is -2.36. The van der Waals surface area contributed by atoms with E-state index in [0.717, 1.165) is 43.5 Å². The quantitative estimate of drug-likeness (QED) is 0.601. The molecule has 3 heteroatoms. The van der Waals surface area contributed by atoms with Crippen LogP contribution in [0.3, 0.4) is 0 Å². The van der Waals surface area contributed by atoms with E-state index in [1.807, 2.05) is 0 Å². The van der Waals surface area contributed by atoms with Crippen molar-refractivity contribution in [2.45, 2.75) is 64.0 Å². The molecule has 1 heterocycles. The van der Waals surface area contributed by atoms with Crippen LogP contribution in [-0.2, 0) is 11.3 Å². The van der Waals surface area contributed by atoms with Crippen LogP contribution in [0.15, 0.2) is 36.4 Å². The summed E-state index contributed by atoms with van der Waals surface area (Å²) in [7, 11) is 0. The molecule has 0 N–H and O–H groups in total. The van der Waals surface area contributed by atoms with Gasteiger partial charge in [0.1, 0.15) is 12.0 Å². The van der Waals surface area contributed by atoms with E-state index in [-0.39, 0.29) is 5.92 Å². The predicted octanol–water partition coefficient (Wildman–Crippen LogP) is 5.60. The van der Waals surface area contributed by atoms with E-state index in [1.165, 1.54) is 67.7 Å². The van der Waals surface area contributed by atoms with Crippen LogP contribution in [-0.4, -0.2) is 30.4 Å². The zero-order valence-corrected chi connectivity index (χ0v) is 17.4. The van der Waals surface area contributed by atoms with E-state index in [1.54, 1.807) is 0 Å². The van der Waals surface area contributed by atoms with Gasteiger partial charge in [0.15, 0.2) is 0 Å². The number of ether oxygens (including phenoxy) is 1. The lowest BCUT2D eigenvalue weighted by atomic mass is 9.78. The third-order valence-corrected chi connectivity index (χ3v) is 7.57. The SMILES string of the molecule is O=CC1CN(Cc2ccc3c(OC4CCC(C5CCCC5)CC4)cccc3c2)C1. The van der Waals surface area contributed by atoms with E-state index in [4.69, 9.17) is 4.74 Å². The summed E-state index contributed by atoms with van der Waals surface area (Å²) >= 11 is 0. The molecule has 154 valence electrons. The van der Waals surface area contributed by atoms with Crippen LogP contribution < -0.4 is 4.74 Å². The lowest BCUT2D eigenvalue weighted by Crippen LogP contribution is -2.46. The molecule has 5 rings (SSSR count). The molecule has 0 atom stereocenters. The minimum atomic E-state index is 0.235. The molecule has 0 amide bonds. The van der Waals surface area contributed by atoms with Crippen LogP contribution in [0.1, 0.15) is 56.9 Å². The zero-order chi connectivity index (χ0) is 19.6.